The third-order valence-corrected chi connectivity index (χ3v) is 3.64. The van der Waals surface area contributed by atoms with Gasteiger partial charge in [0.25, 0.3) is 0 Å². The first-order valence-electron chi connectivity index (χ1n) is 5.87. The van der Waals surface area contributed by atoms with E-state index in [1.807, 2.05) is 20.8 Å². The molecule has 2 bridgehead atoms. The highest BCUT2D eigenvalue weighted by Gasteiger charge is 2.51. The summed E-state index contributed by atoms with van der Waals surface area (Å²) in [6.07, 6.45) is 3.27. The highest BCUT2D eigenvalue weighted by Crippen LogP contribution is 2.49. The zero-order valence-corrected chi connectivity index (χ0v) is 9.82. The van der Waals surface area contributed by atoms with E-state index in [9.17, 15) is 4.79 Å². The summed E-state index contributed by atoms with van der Waals surface area (Å²) in [4.78, 5) is 12.0. The molecule has 0 aromatic rings. The lowest BCUT2D eigenvalue weighted by Gasteiger charge is -2.24. The summed E-state index contributed by atoms with van der Waals surface area (Å²) in [6.45, 7) is 5.76. The van der Waals surface area contributed by atoms with Crippen molar-refractivity contribution in [2.24, 2.45) is 23.5 Å². The standard InChI is InChI=1S/C12H21NO2/c1-12(2,3)15-11(14)10-7-4-5-8(10)9(13)6-7/h7-10H,4-6,13H2,1-3H3/t7-,8-,9+,10?/m0/s1. The summed E-state index contributed by atoms with van der Waals surface area (Å²) in [6, 6.07) is 0.223. The molecule has 2 rings (SSSR count). The highest BCUT2D eigenvalue weighted by molar-refractivity contribution is 5.74. The van der Waals surface area contributed by atoms with E-state index in [1.54, 1.807) is 0 Å². The van der Waals surface area contributed by atoms with Crippen LogP contribution in [0.1, 0.15) is 40.0 Å². The highest BCUT2D eigenvalue weighted by atomic mass is 16.6. The summed E-state index contributed by atoms with van der Waals surface area (Å²) in [5.74, 6) is 0.923. The quantitative estimate of drug-likeness (QED) is 0.672. The van der Waals surface area contributed by atoms with Crippen LogP contribution in [0.3, 0.4) is 0 Å². The topological polar surface area (TPSA) is 52.3 Å². The van der Waals surface area contributed by atoms with Crippen molar-refractivity contribution >= 4 is 5.97 Å². The van der Waals surface area contributed by atoms with Gasteiger partial charge in [-0.05, 0) is 51.9 Å². The smallest absolute Gasteiger partial charge is 0.310 e. The summed E-state index contributed by atoms with van der Waals surface area (Å²) >= 11 is 0. The Bertz CT molecular complexity index is 269. The van der Waals surface area contributed by atoms with Crippen molar-refractivity contribution in [1.29, 1.82) is 0 Å². The largest absolute Gasteiger partial charge is 0.460 e. The van der Waals surface area contributed by atoms with E-state index in [0.29, 0.717) is 11.8 Å². The van der Waals surface area contributed by atoms with Crippen molar-refractivity contribution in [3.05, 3.63) is 0 Å². The minimum atomic E-state index is -0.372. The zero-order chi connectivity index (χ0) is 11.2. The van der Waals surface area contributed by atoms with Gasteiger partial charge in [-0.3, -0.25) is 4.79 Å². The Morgan fingerprint density at radius 2 is 2.00 bits per heavy atom. The van der Waals surface area contributed by atoms with Gasteiger partial charge in [-0.2, -0.15) is 0 Å². The van der Waals surface area contributed by atoms with Crippen LogP contribution in [-0.2, 0) is 9.53 Å². The van der Waals surface area contributed by atoms with Crippen LogP contribution in [0.5, 0.6) is 0 Å². The van der Waals surface area contributed by atoms with Crippen LogP contribution in [0.15, 0.2) is 0 Å². The second-order valence-electron chi connectivity index (χ2n) is 5.96. The molecule has 0 radical (unpaired) electrons. The summed E-state index contributed by atoms with van der Waals surface area (Å²) < 4.78 is 5.46. The van der Waals surface area contributed by atoms with Crippen molar-refractivity contribution < 1.29 is 9.53 Å². The van der Waals surface area contributed by atoms with E-state index < -0.39 is 0 Å². The zero-order valence-electron chi connectivity index (χ0n) is 9.82. The summed E-state index contributed by atoms with van der Waals surface area (Å²) in [7, 11) is 0. The molecule has 0 saturated heterocycles. The molecule has 2 aliphatic rings. The second-order valence-corrected chi connectivity index (χ2v) is 5.96. The van der Waals surface area contributed by atoms with Gasteiger partial charge in [0.2, 0.25) is 0 Å². The lowest BCUT2D eigenvalue weighted by molar-refractivity contribution is -0.161. The van der Waals surface area contributed by atoms with Crippen molar-refractivity contribution in [3.8, 4) is 0 Å². The molecule has 3 nitrogen and oxygen atoms in total. The number of nitrogens with two attached hydrogens (primary N) is 1. The third-order valence-electron chi connectivity index (χ3n) is 3.64. The summed E-state index contributed by atoms with van der Waals surface area (Å²) in [5, 5.41) is 0. The van der Waals surface area contributed by atoms with E-state index in [4.69, 9.17) is 10.5 Å². The van der Waals surface area contributed by atoms with Gasteiger partial charge < -0.3 is 10.5 Å². The molecule has 0 heterocycles. The normalized spacial score (nSPS) is 39.5. The maximum atomic E-state index is 12.0. The molecule has 2 N–H and O–H groups in total. The first-order valence-corrected chi connectivity index (χ1v) is 5.87. The second kappa shape index (κ2) is 3.48. The summed E-state index contributed by atoms with van der Waals surface area (Å²) in [5.41, 5.74) is 5.63. The average Bonchev–Trinajstić information content (AvgIpc) is 2.55. The minimum absolute atomic E-state index is 0.0250. The molecule has 2 saturated carbocycles. The number of esters is 1. The Hall–Kier alpha value is -0.570. The predicted octanol–water partition coefficient (Wildman–Crippen LogP) is 1.70. The van der Waals surface area contributed by atoms with Gasteiger partial charge in [-0.1, -0.05) is 0 Å². The molecule has 0 aromatic heterocycles. The maximum absolute atomic E-state index is 12.0. The average molecular weight is 211 g/mol. The molecule has 4 atom stereocenters. The Kier molecular flexibility index (Phi) is 2.53. The third kappa shape index (κ3) is 2.03. The fourth-order valence-corrected chi connectivity index (χ4v) is 3.12. The molecule has 2 aliphatic carbocycles. The molecule has 0 aromatic carbocycles. The molecule has 86 valence electrons. The van der Waals surface area contributed by atoms with Crippen LogP contribution < -0.4 is 5.73 Å². The number of ether oxygens (including phenoxy) is 1. The van der Waals surface area contributed by atoms with E-state index >= 15 is 0 Å². The van der Waals surface area contributed by atoms with Crippen molar-refractivity contribution in [2.45, 2.75) is 51.7 Å². The predicted molar refractivity (Wildman–Crippen MR) is 58.1 cm³/mol. The maximum Gasteiger partial charge on any atom is 0.310 e. The molecule has 1 unspecified atom stereocenters. The first kappa shape index (κ1) is 10.9. The van der Waals surface area contributed by atoms with E-state index in [2.05, 4.69) is 0 Å². The molecule has 0 aliphatic heterocycles. The van der Waals surface area contributed by atoms with Crippen LogP contribution in [0.25, 0.3) is 0 Å². The fraction of sp³-hybridized carbons (Fsp3) is 0.917. The minimum Gasteiger partial charge on any atom is -0.460 e. The number of carbonyl (C=O) groups is 1. The SMILES string of the molecule is CC(C)(C)OC(=O)C1[C@H]2CC[C@H]1[C@H](N)C2. The number of fused-ring (bicyclic) bond motifs is 2. The molecular weight excluding hydrogens is 190 g/mol. The van der Waals surface area contributed by atoms with Crippen molar-refractivity contribution in [2.75, 3.05) is 0 Å². The molecular formula is C12H21NO2. The van der Waals surface area contributed by atoms with Crippen LogP contribution in [0, 0.1) is 17.8 Å². The van der Waals surface area contributed by atoms with Gasteiger partial charge in [0, 0.05) is 6.04 Å². The molecule has 2 fully saturated rings. The molecule has 15 heavy (non-hydrogen) atoms. The van der Waals surface area contributed by atoms with E-state index in [-0.39, 0.29) is 23.5 Å². The van der Waals surface area contributed by atoms with Crippen molar-refractivity contribution in [1.82, 2.24) is 0 Å². The molecule has 0 amide bonds. The number of hydrogen-bond acceptors (Lipinski definition) is 3. The van der Waals surface area contributed by atoms with Crippen LogP contribution in [0.4, 0.5) is 0 Å². The van der Waals surface area contributed by atoms with Gasteiger partial charge in [0.15, 0.2) is 0 Å². The van der Waals surface area contributed by atoms with E-state index in [1.165, 1.54) is 0 Å². The van der Waals surface area contributed by atoms with Gasteiger partial charge >= 0.3 is 5.97 Å². The first-order chi connectivity index (χ1) is 6.88. The van der Waals surface area contributed by atoms with Gasteiger partial charge in [-0.15, -0.1) is 0 Å². The van der Waals surface area contributed by atoms with Gasteiger partial charge in [-0.25, -0.2) is 0 Å². The van der Waals surface area contributed by atoms with Gasteiger partial charge in [0.1, 0.15) is 5.60 Å². The monoisotopic (exact) mass is 211 g/mol. The van der Waals surface area contributed by atoms with E-state index in [0.717, 1.165) is 19.3 Å². The Labute approximate surface area is 91.4 Å². The molecule has 3 heteroatoms. The Morgan fingerprint density at radius 1 is 1.33 bits per heavy atom. The van der Waals surface area contributed by atoms with Crippen LogP contribution in [-0.4, -0.2) is 17.6 Å². The number of rotatable bonds is 1. The Morgan fingerprint density at radius 3 is 2.40 bits per heavy atom. The lowest BCUT2D eigenvalue weighted by atomic mass is 9.95. The number of hydrogen-bond donors (Lipinski definition) is 1. The van der Waals surface area contributed by atoms with Crippen LogP contribution in [0.2, 0.25) is 0 Å². The number of carbonyl (C=O) groups excluding carboxylic acids is 1. The molecule has 0 spiro atoms. The van der Waals surface area contributed by atoms with Crippen LogP contribution >= 0.6 is 0 Å². The van der Waals surface area contributed by atoms with Crippen molar-refractivity contribution in [3.63, 3.8) is 0 Å². The Balaban J connectivity index is 2.03. The lowest BCUT2D eigenvalue weighted by Crippen LogP contribution is -2.33. The fourth-order valence-electron chi connectivity index (χ4n) is 3.12. The van der Waals surface area contributed by atoms with Gasteiger partial charge in [0.05, 0.1) is 5.92 Å².